The molecule has 2 aromatic heterocycles. The summed E-state index contributed by atoms with van der Waals surface area (Å²) < 4.78 is 12.4. The lowest BCUT2D eigenvalue weighted by Gasteiger charge is -2.19. The summed E-state index contributed by atoms with van der Waals surface area (Å²) in [7, 11) is 0. The number of carbonyl (C=O) groups is 1. The Hall–Kier alpha value is -4.38. The highest BCUT2D eigenvalue weighted by atomic mass is 16.6. The van der Waals surface area contributed by atoms with Crippen LogP contribution in [0, 0.1) is 11.3 Å². The number of fused-ring (bicyclic) bond motifs is 1. The van der Waals surface area contributed by atoms with Gasteiger partial charge in [-0.3, -0.25) is 4.57 Å². The Kier molecular flexibility index (Phi) is 5.71. The zero-order chi connectivity index (χ0) is 23.6. The van der Waals surface area contributed by atoms with Crippen LogP contribution in [0.3, 0.4) is 0 Å². The van der Waals surface area contributed by atoms with Gasteiger partial charge in [-0.1, -0.05) is 11.2 Å². The number of benzene rings is 2. The van der Waals surface area contributed by atoms with Crippen molar-refractivity contribution in [3.05, 3.63) is 66.9 Å². The van der Waals surface area contributed by atoms with E-state index >= 15 is 0 Å². The first-order valence-corrected chi connectivity index (χ1v) is 10.4. The zero-order valence-electron chi connectivity index (χ0n) is 18.6. The van der Waals surface area contributed by atoms with Gasteiger partial charge in [0.1, 0.15) is 11.7 Å². The van der Waals surface area contributed by atoms with E-state index in [4.69, 9.17) is 9.26 Å². The van der Waals surface area contributed by atoms with Crippen LogP contribution in [-0.4, -0.2) is 32.9 Å². The molecule has 0 unspecified atom stereocenters. The van der Waals surface area contributed by atoms with Crippen LogP contribution in [0.1, 0.15) is 26.3 Å². The van der Waals surface area contributed by atoms with Gasteiger partial charge in [-0.2, -0.15) is 10.2 Å². The van der Waals surface area contributed by atoms with Crippen molar-refractivity contribution in [2.75, 3.05) is 11.9 Å². The summed E-state index contributed by atoms with van der Waals surface area (Å²) in [6.07, 6.45) is 2.96. The van der Waals surface area contributed by atoms with Crippen molar-refractivity contribution >= 4 is 22.7 Å². The van der Waals surface area contributed by atoms with E-state index in [1.54, 1.807) is 24.4 Å². The Bertz CT molecular complexity index is 1390. The van der Waals surface area contributed by atoms with Gasteiger partial charge in [-0.05, 0) is 63.2 Å². The highest BCUT2D eigenvalue weighted by Crippen LogP contribution is 2.28. The smallest absolute Gasteiger partial charge is 0.418 e. The second-order valence-corrected chi connectivity index (χ2v) is 8.40. The molecule has 0 fully saturated rings. The van der Waals surface area contributed by atoms with Crippen LogP contribution in [-0.2, 0) is 4.74 Å². The quantitative estimate of drug-likeness (QED) is 0.401. The molecular formula is C25H23N5O3. The Morgan fingerprint density at radius 1 is 1.24 bits per heavy atom. The number of nitrogens with zero attached hydrogens (tertiary/aromatic N) is 4. The number of nitriles is 1. The molecule has 0 amide bonds. The molecule has 0 aliphatic rings. The predicted molar refractivity (Wildman–Crippen MR) is 126 cm³/mol. The molecule has 166 valence electrons. The lowest BCUT2D eigenvalue weighted by molar-refractivity contribution is 0.0544. The monoisotopic (exact) mass is 441 g/mol. The lowest BCUT2D eigenvalue weighted by Crippen LogP contribution is -2.26. The number of anilines is 1. The number of rotatable bonds is 5. The SMILES string of the molecule is C=CCNc1ccc(-c2nc(-c3ccc4c(ccn4C(=O)OC(C)(C)C)c3)no2)cc1C#N. The minimum absolute atomic E-state index is 0.309. The number of hydrogen-bond donors (Lipinski definition) is 1. The molecule has 0 aliphatic carbocycles. The Balaban J connectivity index is 1.61. The average Bonchev–Trinajstić information content (AvgIpc) is 3.43. The number of carbonyl (C=O) groups excluding carboxylic acids is 1. The number of nitrogens with one attached hydrogen (secondary N) is 1. The first-order valence-electron chi connectivity index (χ1n) is 10.4. The van der Waals surface area contributed by atoms with Crippen molar-refractivity contribution in [1.82, 2.24) is 14.7 Å². The molecule has 2 heterocycles. The summed E-state index contributed by atoms with van der Waals surface area (Å²) in [6, 6.07) is 14.8. The molecule has 33 heavy (non-hydrogen) atoms. The Morgan fingerprint density at radius 3 is 2.76 bits per heavy atom. The third-order valence-corrected chi connectivity index (χ3v) is 4.79. The third kappa shape index (κ3) is 4.62. The van der Waals surface area contributed by atoms with Gasteiger partial charge in [-0.15, -0.1) is 6.58 Å². The second kappa shape index (κ2) is 8.63. The van der Waals surface area contributed by atoms with Gasteiger partial charge in [0.25, 0.3) is 5.89 Å². The van der Waals surface area contributed by atoms with Gasteiger partial charge in [-0.25, -0.2) is 4.79 Å². The van der Waals surface area contributed by atoms with Gasteiger partial charge < -0.3 is 14.6 Å². The molecule has 4 aromatic rings. The Labute approximate surface area is 191 Å². The van der Waals surface area contributed by atoms with Crippen LogP contribution < -0.4 is 5.32 Å². The minimum Gasteiger partial charge on any atom is -0.443 e. The molecule has 4 rings (SSSR count). The molecule has 0 saturated carbocycles. The maximum absolute atomic E-state index is 12.5. The van der Waals surface area contributed by atoms with Crippen molar-refractivity contribution < 1.29 is 14.1 Å². The first kappa shape index (κ1) is 21.8. The van der Waals surface area contributed by atoms with Crippen LogP contribution in [0.15, 0.2) is 65.8 Å². The van der Waals surface area contributed by atoms with E-state index in [1.807, 2.05) is 51.1 Å². The normalized spacial score (nSPS) is 11.2. The van der Waals surface area contributed by atoms with Crippen LogP contribution in [0.2, 0.25) is 0 Å². The van der Waals surface area contributed by atoms with E-state index in [0.717, 1.165) is 16.5 Å². The fraction of sp³-hybridized carbons (Fsp3) is 0.200. The van der Waals surface area contributed by atoms with Crippen LogP contribution in [0.4, 0.5) is 10.5 Å². The molecule has 8 heteroatoms. The summed E-state index contributed by atoms with van der Waals surface area (Å²) in [5.74, 6) is 0.715. The van der Waals surface area contributed by atoms with Crippen molar-refractivity contribution in [3.8, 4) is 28.9 Å². The molecule has 0 atom stereocenters. The molecule has 2 aromatic carbocycles. The molecule has 0 bridgehead atoms. The van der Waals surface area contributed by atoms with E-state index in [2.05, 4.69) is 28.1 Å². The fourth-order valence-electron chi connectivity index (χ4n) is 3.32. The van der Waals surface area contributed by atoms with Crippen molar-refractivity contribution in [2.24, 2.45) is 0 Å². The van der Waals surface area contributed by atoms with Gasteiger partial charge in [0.2, 0.25) is 5.82 Å². The molecule has 8 nitrogen and oxygen atoms in total. The number of hydrogen-bond acceptors (Lipinski definition) is 7. The highest BCUT2D eigenvalue weighted by molar-refractivity contribution is 5.91. The number of aromatic nitrogens is 3. The average molecular weight is 441 g/mol. The predicted octanol–water partition coefficient (Wildman–Crippen LogP) is 5.61. The highest BCUT2D eigenvalue weighted by Gasteiger charge is 2.19. The van der Waals surface area contributed by atoms with E-state index in [1.165, 1.54) is 4.57 Å². The van der Waals surface area contributed by atoms with E-state index < -0.39 is 11.7 Å². The largest absolute Gasteiger partial charge is 0.443 e. The minimum atomic E-state index is -0.583. The topological polar surface area (TPSA) is 106 Å². The van der Waals surface area contributed by atoms with Crippen molar-refractivity contribution in [2.45, 2.75) is 26.4 Å². The van der Waals surface area contributed by atoms with Crippen LogP contribution in [0.25, 0.3) is 33.7 Å². The third-order valence-electron chi connectivity index (χ3n) is 4.79. The summed E-state index contributed by atoms with van der Waals surface area (Å²) in [4.78, 5) is 16.9. The second-order valence-electron chi connectivity index (χ2n) is 8.40. The summed E-state index contributed by atoms with van der Waals surface area (Å²) in [5, 5.41) is 17.5. The zero-order valence-corrected chi connectivity index (χ0v) is 18.6. The van der Waals surface area contributed by atoms with E-state index in [9.17, 15) is 10.1 Å². The van der Waals surface area contributed by atoms with Crippen LogP contribution >= 0.6 is 0 Å². The van der Waals surface area contributed by atoms with Gasteiger partial charge in [0, 0.05) is 29.3 Å². The fourth-order valence-corrected chi connectivity index (χ4v) is 3.32. The van der Waals surface area contributed by atoms with E-state index in [0.29, 0.717) is 35.1 Å². The molecule has 0 saturated heterocycles. The van der Waals surface area contributed by atoms with Crippen LogP contribution in [0.5, 0.6) is 0 Å². The van der Waals surface area contributed by atoms with Gasteiger partial charge in [0.15, 0.2) is 0 Å². The maximum Gasteiger partial charge on any atom is 0.418 e. The summed E-state index contributed by atoms with van der Waals surface area (Å²) >= 11 is 0. The lowest BCUT2D eigenvalue weighted by atomic mass is 10.1. The molecule has 0 spiro atoms. The van der Waals surface area contributed by atoms with Gasteiger partial charge >= 0.3 is 6.09 Å². The van der Waals surface area contributed by atoms with Crippen molar-refractivity contribution in [3.63, 3.8) is 0 Å². The first-order chi connectivity index (χ1) is 15.8. The molecular weight excluding hydrogens is 418 g/mol. The summed E-state index contributed by atoms with van der Waals surface area (Å²) in [5.41, 5.74) is 2.70. The Morgan fingerprint density at radius 2 is 2.03 bits per heavy atom. The van der Waals surface area contributed by atoms with Crippen molar-refractivity contribution in [1.29, 1.82) is 5.26 Å². The van der Waals surface area contributed by atoms with E-state index in [-0.39, 0.29) is 0 Å². The standard InChI is InChI=1S/C25H23N5O3/c1-5-11-27-20-8-6-18(14-19(20)15-26)23-28-22(29-33-23)17-7-9-21-16(13-17)10-12-30(21)24(31)32-25(2,3)4/h5-10,12-14,27H,1,11H2,2-4H3. The molecule has 0 radical (unpaired) electrons. The number of ether oxygens (including phenoxy) is 1. The molecule has 0 aliphatic heterocycles. The summed E-state index contributed by atoms with van der Waals surface area (Å²) in [6.45, 7) is 9.70. The maximum atomic E-state index is 12.5. The van der Waals surface area contributed by atoms with Gasteiger partial charge in [0.05, 0.1) is 16.8 Å². The molecule has 1 N–H and O–H groups in total.